The smallest absolute Gasteiger partial charge is 0.185 e. The molecule has 0 aromatic heterocycles. The first-order valence-electron chi connectivity index (χ1n) is 5.73. The fraction of sp³-hybridized carbons (Fsp3) is 0.0769. The Balaban J connectivity index is 2.38. The standard InChI is InChI=1S/C13H16N5/c1-17-18(16)12-4-2-8(14)6-10(12)11-7-9(15)3-5-13(11)18/h2-7,17H,14-16H2,1H3/q+1. The molecule has 0 bridgehead atoms. The monoisotopic (exact) mass is 242 g/mol. The van der Waals surface area contributed by atoms with Crippen LogP contribution >= 0.6 is 0 Å². The zero-order chi connectivity index (χ0) is 12.9. The Morgan fingerprint density at radius 1 is 0.889 bits per heavy atom. The summed E-state index contributed by atoms with van der Waals surface area (Å²) in [6, 6.07) is 11.4. The molecule has 7 N–H and O–H groups in total. The lowest BCUT2D eigenvalue weighted by atomic mass is 10.0. The van der Waals surface area contributed by atoms with E-state index in [1.165, 1.54) is 0 Å². The van der Waals surface area contributed by atoms with Gasteiger partial charge >= 0.3 is 0 Å². The molecular weight excluding hydrogens is 226 g/mol. The Morgan fingerprint density at radius 2 is 1.33 bits per heavy atom. The predicted molar refractivity (Wildman–Crippen MR) is 75.4 cm³/mol. The molecule has 3 rings (SSSR count). The second kappa shape index (κ2) is 3.46. The van der Waals surface area contributed by atoms with Crippen molar-refractivity contribution in [2.75, 3.05) is 18.5 Å². The number of nitrogens with one attached hydrogen (secondary N) is 1. The van der Waals surface area contributed by atoms with Gasteiger partial charge in [0.15, 0.2) is 11.4 Å². The Labute approximate surface area is 105 Å². The third-order valence-electron chi connectivity index (χ3n) is 3.44. The second-order valence-electron chi connectivity index (χ2n) is 4.50. The molecule has 0 fully saturated rings. The number of benzene rings is 2. The third kappa shape index (κ3) is 1.26. The highest BCUT2D eigenvalue weighted by atomic mass is 15.8. The van der Waals surface area contributed by atoms with Gasteiger partial charge in [0.2, 0.25) is 0 Å². The van der Waals surface area contributed by atoms with E-state index in [1.54, 1.807) is 0 Å². The van der Waals surface area contributed by atoms with Gasteiger partial charge in [-0.05, 0) is 24.3 Å². The maximum atomic E-state index is 6.43. The van der Waals surface area contributed by atoms with E-state index in [0.29, 0.717) is 11.4 Å². The van der Waals surface area contributed by atoms with Gasteiger partial charge in [-0.25, -0.2) is 0 Å². The molecule has 1 heterocycles. The number of hydrogen-bond donors (Lipinski definition) is 4. The van der Waals surface area contributed by atoms with Crippen molar-refractivity contribution in [1.82, 2.24) is 10.1 Å². The maximum Gasteiger partial charge on any atom is 0.185 e. The molecule has 0 saturated heterocycles. The van der Waals surface area contributed by atoms with Crippen LogP contribution in [0.15, 0.2) is 36.4 Å². The van der Waals surface area contributed by atoms with E-state index in [4.69, 9.17) is 17.3 Å². The fourth-order valence-corrected chi connectivity index (χ4v) is 2.52. The molecule has 92 valence electrons. The highest BCUT2D eigenvalue weighted by Crippen LogP contribution is 2.50. The van der Waals surface area contributed by atoms with E-state index >= 15 is 0 Å². The summed E-state index contributed by atoms with van der Waals surface area (Å²) >= 11 is 0. The zero-order valence-electron chi connectivity index (χ0n) is 10.1. The molecule has 0 aliphatic carbocycles. The van der Waals surface area contributed by atoms with Gasteiger partial charge < -0.3 is 11.5 Å². The van der Waals surface area contributed by atoms with Gasteiger partial charge in [0.1, 0.15) is 0 Å². The molecule has 5 heteroatoms. The van der Waals surface area contributed by atoms with Crippen LogP contribution in [0, 0.1) is 0 Å². The van der Waals surface area contributed by atoms with Gasteiger partial charge in [0, 0.05) is 30.6 Å². The Morgan fingerprint density at radius 3 is 1.72 bits per heavy atom. The second-order valence-corrected chi connectivity index (χ2v) is 4.50. The first-order chi connectivity index (χ1) is 8.56. The Kier molecular flexibility index (Phi) is 2.12. The summed E-state index contributed by atoms with van der Waals surface area (Å²) in [6.45, 7) is 0. The van der Waals surface area contributed by atoms with E-state index in [9.17, 15) is 0 Å². The fourth-order valence-electron chi connectivity index (χ4n) is 2.52. The maximum absolute atomic E-state index is 6.43. The van der Waals surface area contributed by atoms with Crippen LogP contribution in [0.5, 0.6) is 0 Å². The third-order valence-corrected chi connectivity index (χ3v) is 3.44. The van der Waals surface area contributed by atoms with Crippen molar-refractivity contribution in [3.63, 3.8) is 0 Å². The molecule has 5 nitrogen and oxygen atoms in total. The lowest BCUT2D eigenvalue weighted by molar-refractivity contribution is 0.326. The lowest BCUT2D eigenvalue weighted by Gasteiger charge is -2.26. The minimum Gasteiger partial charge on any atom is -0.399 e. The molecule has 0 radical (unpaired) electrons. The molecule has 2 aromatic rings. The molecule has 1 aliphatic heterocycles. The number of rotatable bonds is 1. The molecule has 0 spiro atoms. The summed E-state index contributed by atoms with van der Waals surface area (Å²) in [5.74, 6) is 6.43. The SMILES string of the molecule is CN[N+]1(N)c2ccc(N)cc2-c2cc(N)ccc21. The number of anilines is 2. The van der Waals surface area contributed by atoms with Crippen LogP contribution in [-0.4, -0.2) is 7.05 Å². The van der Waals surface area contributed by atoms with E-state index in [-0.39, 0.29) is 4.70 Å². The average molecular weight is 242 g/mol. The number of nitrogen functional groups attached to an aromatic ring is 2. The molecule has 1 aliphatic rings. The lowest BCUT2D eigenvalue weighted by Crippen LogP contribution is -2.58. The molecule has 0 saturated carbocycles. The van der Waals surface area contributed by atoms with Gasteiger partial charge in [-0.1, -0.05) is 0 Å². The molecule has 2 aromatic carbocycles. The van der Waals surface area contributed by atoms with Crippen molar-refractivity contribution >= 4 is 22.7 Å². The molecular formula is C13H16N5+. The van der Waals surface area contributed by atoms with Crippen LogP contribution in [0.25, 0.3) is 11.1 Å². The van der Waals surface area contributed by atoms with Gasteiger partial charge in [-0.3, -0.25) is 0 Å². The Bertz CT molecular complexity index is 584. The van der Waals surface area contributed by atoms with Crippen LogP contribution in [-0.2, 0) is 0 Å². The van der Waals surface area contributed by atoms with Crippen LogP contribution in [0.2, 0.25) is 0 Å². The summed E-state index contributed by atoms with van der Waals surface area (Å²) < 4.78 is 0.0607. The highest BCUT2D eigenvalue weighted by Gasteiger charge is 2.41. The van der Waals surface area contributed by atoms with Crippen LogP contribution in [0.4, 0.5) is 22.7 Å². The van der Waals surface area contributed by atoms with Crippen molar-refractivity contribution in [2.45, 2.75) is 0 Å². The van der Waals surface area contributed by atoms with Crippen LogP contribution in [0.1, 0.15) is 0 Å². The van der Waals surface area contributed by atoms with Crippen molar-refractivity contribution in [2.24, 2.45) is 5.84 Å². The van der Waals surface area contributed by atoms with Crippen LogP contribution < -0.4 is 27.4 Å². The minimum atomic E-state index is 0.0607. The van der Waals surface area contributed by atoms with E-state index in [1.807, 2.05) is 43.4 Å². The van der Waals surface area contributed by atoms with Crippen molar-refractivity contribution < 1.29 is 0 Å². The number of hydrogen-bond acceptors (Lipinski definition) is 4. The van der Waals surface area contributed by atoms with Gasteiger partial charge in [0.25, 0.3) is 0 Å². The number of quaternary nitrogens is 1. The zero-order valence-corrected chi connectivity index (χ0v) is 10.1. The first kappa shape index (κ1) is 11.0. The van der Waals surface area contributed by atoms with E-state index < -0.39 is 0 Å². The van der Waals surface area contributed by atoms with Crippen molar-refractivity contribution in [3.8, 4) is 11.1 Å². The summed E-state index contributed by atoms with van der Waals surface area (Å²) in [7, 11) is 1.82. The van der Waals surface area contributed by atoms with Crippen molar-refractivity contribution in [3.05, 3.63) is 36.4 Å². The normalized spacial score (nSPS) is 15.2. The molecule has 0 unspecified atom stereocenters. The topological polar surface area (TPSA) is 90.1 Å². The average Bonchev–Trinajstić information content (AvgIpc) is 2.60. The first-order valence-corrected chi connectivity index (χ1v) is 5.73. The summed E-state index contributed by atoms with van der Waals surface area (Å²) in [4.78, 5) is 0. The largest absolute Gasteiger partial charge is 0.399 e. The van der Waals surface area contributed by atoms with E-state index in [0.717, 1.165) is 22.5 Å². The molecule has 0 amide bonds. The van der Waals surface area contributed by atoms with Gasteiger partial charge in [-0.2, -0.15) is 5.84 Å². The number of nitrogens with two attached hydrogens (primary N) is 3. The Hall–Kier alpha value is -2.08. The quantitative estimate of drug-likeness (QED) is 0.346. The minimum absolute atomic E-state index is 0.0607. The molecule has 18 heavy (non-hydrogen) atoms. The van der Waals surface area contributed by atoms with E-state index in [2.05, 4.69) is 5.43 Å². The van der Waals surface area contributed by atoms with Gasteiger partial charge in [0.05, 0.1) is 11.1 Å². The van der Waals surface area contributed by atoms with Crippen LogP contribution in [0.3, 0.4) is 0 Å². The summed E-state index contributed by atoms with van der Waals surface area (Å²) in [6.07, 6.45) is 0. The van der Waals surface area contributed by atoms with Gasteiger partial charge in [-0.15, -0.1) is 10.1 Å². The van der Waals surface area contributed by atoms with Crippen molar-refractivity contribution in [1.29, 1.82) is 0 Å². The number of nitrogens with zero attached hydrogens (tertiary/aromatic N) is 1. The predicted octanol–water partition coefficient (Wildman–Crippen LogP) is 1.48. The molecule has 0 atom stereocenters. The number of fused-ring (bicyclic) bond motifs is 3. The summed E-state index contributed by atoms with van der Waals surface area (Å²) in [5, 5.41) is 0. The highest BCUT2D eigenvalue weighted by molar-refractivity contribution is 5.96. The summed E-state index contributed by atoms with van der Waals surface area (Å²) in [5.41, 5.74) is 20.2.